The van der Waals surface area contributed by atoms with E-state index in [0.29, 0.717) is 24.3 Å². The maximum atomic E-state index is 12.4. The number of carbonyl (C=O) groups excluding carboxylic acids is 3. The van der Waals surface area contributed by atoms with Crippen molar-refractivity contribution >= 4 is 47.3 Å². The molecule has 2 aromatic heterocycles. The molecule has 2 amide bonds. The zero-order valence-corrected chi connectivity index (χ0v) is 28.5. The van der Waals surface area contributed by atoms with Crippen LogP contribution in [0.4, 0.5) is 11.4 Å². The first-order chi connectivity index (χ1) is 24.0. The molecule has 11 nitrogen and oxygen atoms in total. The lowest BCUT2D eigenvalue weighted by molar-refractivity contribution is -0.134. The van der Waals surface area contributed by atoms with Crippen molar-refractivity contribution in [2.75, 3.05) is 68.5 Å². The molecule has 256 valence electrons. The van der Waals surface area contributed by atoms with Gasteiger partial charge in [0.25, 0.3) is 0 Å². The highest BCUT2D eigenvalue weighted by Gasteiger charge is 2.29. The van der Waals surface area contributed by atoms with E-state index in [1.165, 1.54) is 37.2 Å². The van der Waals surface area contributed by atoms with Crippen LogP contribution >= 0.6 is 12.1 Å². The fraction of sp³-hybridized carbons (Fsp3) is 0.405. The third kappa shape index (κ3) is 8.33. The van der Waals surface area contributed by atoms with Gasteiger partial charge >= 0.3 is 0 Å². The molecule has 0 aliphatic carbocycles. The minimum absolute atomic E-state index is 0.168. The number of aldehydes is 1. The smallest absolute Gasteiger partial charge is 0.234 e. The Balaban J connectivity index is 0.786. The number of aromatic nitrogens is 2. The molecule has 3 saturated heterocycles. The van der Waals surface area contributed by atoms with Crippen molar-refractivity contribution < 1.29 is 14.4 Å². The summed E-state index contributed by atoms with van der Waals surface area (Å²) in [7, 11) is 0. The fourth-order valence-electron chi connectivity index (χ4n) is 7.19. The summed E-state index contributed by atoms with van der Waals surface area (Å²) in [4.78, 5) is 47.4. The lowest BCUT2D eigenvalue weighted by Crippen LogP contribution is -2.49. The van der Waals surface area contributed by atoms with Gasteiger partial charge in [-0.05, 0) is 67.1 Å². The zero-order chi connectivity index (χ0) is 33.6. The molecule has 3 aliphatic rings. The van der Waals surface area contributed by atoms with Crippen LogP contribution in [0.5, 0.6) is 0 Å². The van der Waals surface area contributed by atoms with Crippen LogP contribution < -0.4 is 19.7 Å². The van der Waals surface area contributed by atoms with E-state index < -0.39 is 0 Å². The number of pyridine rings is 1. The summed E-state index contributed by atoms with van der Waals surface area (Å²) < 4.78 is 8.74. The van der Waals surface area contributed by atoms with Gasteiger partial charge in [-0.25, -0.2) is 9.71 Å². The maximum absolute atomic E-state index is 12.4. The summed E-state index contributed by atoms with van der Waals surface area (Å²) in [5, 5.41) is 2.49. The molecule has 1 unspecified atom stereocenters. The maximum Gasteiger partial charge on any atom is 0.234 e. The molecule has 49 heavy (non-hydrogen) atoms. The number of hydrogen-bond acceptors (Lipinski definition) is 10. The van der Waals surface area contributed by atoms with Gasteiger partial charge in [0.2, 0.25) is 11.8 Å². The first kappa shape index (κ1) is 33.3. The number of piperazine rings is 1. The fourth-order valence-corrected chi connectivity index (χ4v) is 7.70. The Morgan fingerprint density at radius 1 is 0.898 bits per heavy atom. The van der Waals surface area contributed by atoms with Gasteiger partial charge in [-0.3, -0.25) is 24.6 Å². The number of nitrogens with one attached hydrogen (secondary N) is 3. The van der Waals surface area contributed by atoms with Crippen LogP contribution in [0.2, 0.25) is 0 Å². The van der Waals surface area contributed by atoms with Gasteiger partial charge in [0, 0.05) is 112 Å². The van der Waals surface area contributed by atoms with Gasteiger partial charge in [-0.15, -0.1) is 0 Å². The van der Waals surface area contributed by atoms with Crippen LogP contribution in [0.1, 0.15) is 47.5 Å². The Morgan fingerprint density at radius 2 is 1.71 bits per heavy atom. The van der Waals surface area contributed by atoms with Crippen molar-refractivity contribution in [3.8, 4) is 11.3 Å². The van der Waals surface area contributed by atoms with E-state index in [2.05, 4.69) is 47.7 Å². The quantitative estimate of drug-likeness (QED) is 0.0860. The molecule has 4 aromatic rings. The number of piperidine rings is 2. The Kier molecular flexibility index (Phi) is 10.6. The summed E-state index contributed by atoms with van der Waals surface area (Å²) in [5.41, 5.74) is 6.51. The van der Waals surface area contributed by atoms with Crippen molar-refractivity contribution in [1.82, 2.24) is 29.2 Å². The van der Waals surface area contributed by atoms with Gasteiger partial charge in [0.15, 0.2) is 6.29 Å². The van der Waals surface area contributed by atoms with Crippen molar-refractivity contribution in [3.63, 3.8) is 0 Å². The highest BCUT2D eigenvalue weighted by molar-refractivity contribution is 7.98. The van der Waals surface area contributed by atoms with E-state index in [9.17, 15) is 14.4 Å². The first-order valence-electron chi connectivity index (χ1n) is 17.3. The first-order valence-corrected chi connectivity index (χ1v) is 18.1. The number of hydrogen-bond donors (Lipinski definition) is 3. The van der Waals surface area contributed by atoms with E-state index in [1.54, 1.807) is 12.3 Å². The molecule has 3 N–H and O–H groups in total. The van der Waals surface area contributed by atoms with Crippen molar-refractivity contribution in [2.24, 2.45) is 5.92 Å². The zero-order valence-electron chi connectivity index (χ0n) is 27.7. The third-order valence-electron chi connectivity index (χ3n) is 10.0. The van der Waals surface area contributed by atoms with Crippen molar-refractivity contribution in [1.29, 1.82) is 0 Å². The number of carbonyl (C=O) groups is 3. The number of amides is 2. The molecular weight excluding hydrogens is 637 g/mol. The summed E-state index contributed by atoms with van der Waals surface area (Å²) in [6, 6.07) is 20.2. The topological polar surface area (TPSA) is 114 Å². The van der Waals surface area contributed by atoms with Crippen LogP contribution in [0, 0.1) is 5.92 Å². The number of fused-ring (bicyclic) bond motifs is 1. The molecule has 1 atom stereocenters. The molecule has 0 bridgehead atoms. The lowest BCUT2D eigenvalue weighted by Gasteiger charge is -2.39. The van der Waals surface area contributed by atoms with Crippen LogP contribution in [0.25, 0.3) is 16.9 Å². The van der Waals surface area contributed by atoms with E-state index in [4.69, 9.17) is 4.98 Å². The lowest BCUT2D eigenvalue weighted by atomic mass is 9.90. The van der Waals surface area contributed by atoms with Gasteiger partial charge in [0.1, 0.15) is 5.65 Å². The Labute approximate surface area is 291 Å². The summed E-state index contributed by atoms with van der Waals surface area (Å²) in [6.07, 6.45) is 7.94. The van der Waals surface area contributed by atoms with Crippen molar-refractivity contribution in [2.45, 2.75) is 31.6 Å². The highest BCUT2D eigenvalue weighted by atomic mass is 32.2. The normalized spacial score (nSPS) is 19.7. The molecule has 5 heterocycles. The average Bonchev–Trinajstić information content (AvgIpc) is 3.56. The molecule has 2 aromatic carbocycles. The average molecular weight is 681 g/mol. The molecular formula is C37H44N8O3S. The highest BCUT2D eigenvalue weighted by Crippen LogP contribution is 2.30. The summed E-state index contributed by atoms with van der Waals surface area (Å²) in [5.74, 6) is 0.140. The molecule has 3 fully saturated rings. The van der Waals surface area contributed by atoms with Crippen molar-refractivity contribution in [3.05, 3.63) is 84.2 Å². The Morgan fingerprint density at radius 3 is 2.53 bits per heavy atom. The molecule has 7 rings (SSSR count). The largest absolute Gasteiger partial charge is 0.372 e. The number of imidazole rings is 1. The molecule has 0 spiro atoms. The summed E-state index contributed by atoms with van der Waals surface area (Å²) in [6.45, 7) is 9.59. The third-order valence-corrected chi connectivity index (χ3v) is 10.7. The molecule has 0 radical (unpaired) electrons. The second-order valence-corrected chi connectivity index (χ2v) is 14.0. The van der Waals surface area contributed by atoms with Gasteiger partial charge in [-0.2, -0.15) is 0 Å². The van der Waals surface area contributed by atoms with Gasteiger partial charge in [0.05, 0.1) is 11.6 Å². The van der Waals surface area contributed by atoms with Crippen LogP contribution in [-0.4, -0.2) is 96.2 Å². The predicted molar refractivity (Wildman–Crippen MR) is 195 cm³/mol. The number of nitrogens with zero attached hydrogens (tertiary/aromatic N) is 5. The van der Waals surface area contributed by atoms with E-state index in [1.807, 2.05) is 47.0 Å². The van der Waals surface area contributed by atoms with Gasteiger partial charge < -0.3 is 18.9 Å². The Hall–Kier alpha value is -4.23. The number of anilines is 2. The van der Waals surface area contributed by atoms with E-state index in [0.717, 1.165) is 86.8 Å². The second kappa shape index (κ2) is 15.5. The van der Waals surface area contributed by atoms with Crippen LogP contribution in [0.15, 0.2) is 73.1 Å². The Bertz CT molecular complexity index is 1780. The second-order valence-electron chi connectivity index (χ2n) is 13.3. The molecule has 12 heteroatoms. The number of benzene rings is 2. The minimum atomic E-state index is -0.236. The monoisotopic (exact) mass is 680 g/mol. The van der Waals surface area contributed by atoms with E-state index >= 15 is 0 Å². The number of imide groups is 1. The SMILES string of the molecule is O=Cc1ccc2nc(-c3cccc(NSNCCN4CCN(CC5CCN(c6cccc(C7CCC(=O)NC7=O)c6)CC5)CC4)c3)cn2c1. The summed E-state index contributed by atoms with van der Waals surface area (Å²) >= 11 is 1.50. The molecule has 0 saturated carbocycles. The minimum Gasteiger partial charge on any atom is -0.372 e. The molecule has 3 aliphatic heterocycles. The van der Waals surface area contributed by atoms with Crippen LogP contribution in [-0.2, 0) is 9.59 Å². The van der Waals surface area contributed by atoms with Gasteiger partial charge in [-0.1, -0.05) is 24.3 Å². The van der Waals surface area contributed by atoms with E-state index in [-0.39, 0.29) is 17.7 Å². The standard InChI is InChI=1S/C37H44N8O3S/c46-26-28-7-9-35-39-34(25-45(35)24-28)30-4-1-5-31(21-30)41-49-38-13-16-42-17-19-43(20-18-42)23-27-11-14-44(15-12-27)32-6-2-3-29(22-32)33-8-10-36(47)40-37(33)48/h1-7,9,21-22,24-27,33,38,41H,8,10-20,23H2,(H,40,47,48). The predicted octanol–water partition coefficient (Wildman–Crippen LogP) is 4.43. The number of rotatable bonds is 12. The van der Waals surface area contributed by atoms with Crippen LogP contribution in [0.3, 0.4) is 0 Å².